The second-order valence-electron chi connectivity index (χ2n) is 4.99. The molecule has 0 aliphatic heterocycles. The van der Waals surface area contributed by atoms with Gasteiger partial charge in [-0.1, -0.05) is 0 Å². The van der Waals surface area contributed by atoms with E-state index in [1.54, 1.807) is 5.32 Å². The number of nitrogens with zero attached hydrogens (tertiary/aromatic N) is 2. The van der Waals surface area contributed by atoms with Gasteiger partial charge in [-0.05, 0) is 18.2 Å². The van der Waals surface area contributed by atoms with Crippen LogP contribution in [0, 0.1) is 0 Å². The smallest absolute Gasteiger partial charge is 0.418 e. The number of anilines is 1. The molecule has 0 atom stereocenters. The summed E-state index contributed by atoms with van der Waals surface area (Å²) in [4.78, 5) is 32.1. The number of nitrogens with one attached hydrogen (secondary N) is 2. The first kappa shape index (κ1) is 17.2. The first-order valence-electron chi connectivity index (χ1n) is 6.97. The molecular weight excluding hydrogens is 357 g/mol. The maximum atomic E-state index is 13.2. The highest BCUT2D eigenvalue weighted by molar-refractivity contribution is 5.84. The molecule has 0 spiro atoms. The lowest BCUT2D eigenvalue weighted by Gasteiger charge is -2.15. The van der Waals surface area contributed by atoms with E-state index >= 15 is 0 Å². The third kappa shape index (κ3) is 3.55. The molecule has 1 aromatic carbocycles. The number of hydrogen-bond acceptors (Lipinski definition) is 5. The van der Waals surface area contributed by atoms with Crippen LogP contribution in [0.1, 0.15) is 5.56 Å². The van der Waals surface area contributed by atoms with Gasteiger partial charge in [0.1, 0.15) is 11.3 Å². The number of hydrogen-bond donors (Lipinski definition) is 3. The molecule has 0 fully saturated rings. The number of halogens is 3. The van der Waals surface area contributed by atoms with E-state index in [9.17, 15) is 22.8 Å². The van der Waals surface area contributed by atoms with Crippen LogP contribution in [-0.4, -0.2) is 26.2 Å². The number of H-pyrrole nitrogens is 1. The van der Waals surface area contributed by atoms with Gasteiger partial charge in [0.2, 0.25) is 0 Å². The lowest BCUT2D eigenvalue weighted by Crippen LogP contribution is -2.14. The predicted octanol–water partition coefficient (Wildman–Crippen LogP) is 3.22. The number of aromatic amines is 1. The Bertz CT molecular complexity index is 1050. The van der Waals surface area contributed by atoms with Crippen molar-refractivity contribution in [1.29, 1.82) is 0 Å². The van der Waals surface area contributed by atoms with Gasteiger partial charge in [-0.2, -0.15) is 13.2 Å². The number of carboxylic acid groups (broad SMARTS) is 1. The zero-order valence-electron chi connectivity index (χ0n) is 12.7. The van der Waals surface area contributed by atoms with Gasteiger partial charge in [0.25, 0.3) is 5.56 Å². The average molecular weight is 366 g/mol. The third-order valence-corrected chi connectivity index (χ3v) is 3.21. The van der Waals surface area contributed by atoms with E-state index in [1.807, 2.05) is 0 Å². The Labute approximate surface area is 142 Å². The molecular formula is C15H9F3N4O4. The molecule has 0 saturated heterocycles. The number of rotatable bonds is 3. The molecule has 2 aromatic heterocycles. The van der Waals surface area contributed by atoms with Gasteiger partial charge >= 0.3 is 12.3 Å². The summed E-state index contributed by atoms with van der Waals surface area (Å²) in [5.74, 6) is -0.132. The van der Waals surface area contributed by atoms with Crippen molar-refractivity contribution in [2.45, 2.75) is 6.18 Å². The van der Waals surface area contributed by atoms with Crippen molar-refractivity contribution in [3.05, 3.63) is 52.6 Å². The van der Waals surface area contributed by atoms with Gasteiger partial charge in [-0.3, -0.25) is 10.1 Å². The third-order valence-electron chi connectivity index (χ3n) is 3.21. The summed E-state index contributed by atoms with van der Waals surface area (Å²) >= 11 is 0. The van der Waals surface area contributed by atoms with Crippen LogP contribution in [0.3, 0.4) is 0 Å². The zero-order chi connectivity index (χ0) is 18.9. The molecule has 0 saturated carbocycles. The predicted molar refractivity (Wildman–Crippen MR) is 83.3 cm³/mol. The summed E-state index contributed by atoms with van der Waals surface area (Å²) in [6.45, 7) is 0. The van der Waals surface area contributed by atoms with Crippen LogP contribution in [0.5, 0.6) is 11.5 Å². The summed E-state index contributed by atoms with van der Waals surface area (Å²) in [7, 11) is 0. The molecule has 0 aliphatic carbocycles. The molecule has 0 bridgehead atoms. The molecule has 8 nitrogen and oxygen atoms in total. The van der Waals surface area contributed by atoms with E-state index < -0.39 is 29.1 Å². The van der Waals surface area contributed by atoms with Crippen LogP contribution in [-0.2, 0) is 6.18 Å². The number of carbonyl (C=O) groups is 1. The lowest BCUT2D eigenvalue weighted by atomic mass is 10.1. The Morgan fingerprint density at radius 2 is 2.00 bits per heavy atom. The molecule has 134 valence electrons. The Hall–Kier alpha value is -3.63. The van der Waals surface area contributed by atoms with E-state index in [0.29, 0.717) is 6.07 Å². The van der Waals surface area contributed by atoms with Crippen LogP contribution in [0.15, 0.2) is 41.5 Å². The highest BCUT2D eigenvalue weighted by atomic mass is 19.4. The SMILES string of the molecule is O=C(O)Nc1ccc(Oc2ccnc3[nH]c(=O)cnc23)cc1C(F)(F)F. The van der Waals surface area contributed by atoms with Crippen molar-refractivity contribution in [3.8, 4) is 11.5 Å². The second-order valence-corrected chi connectivity index (χ2v) is 4.99. The summed E-state index contributed by atoms with van der Waals surface area (Å²) in [5, 5.41) is 10.3. The first-order chi connectivity index (χ1) is 12.2. The van der Waals surface area contributed by atoms with Gasteiger partial charge < -0.3 is 14.8 Å². The fourth-order valence-electron chi connectivity index (χ4n) is 2.18. The van der Waals surface area contributed by atoms with Crippen LogP contribution < -0.4 is 15.6 Å². The minimum Gasteiger partial charge on any atom is -0.465 e. The maximum absolute atomic E-state index is 13.2. The fourth-order valence-corrected chi connectivity index (χ4v) is 2.18. The Balaban J connectivity index is 2.03. The van der Waals surface area contributed by atoms with Crippen molar-refractivity contribution in [1.82, 2.24) is 15.0 Å². The van der Waals surface area contributed by atoms with Crippen molar-refractivity contribution in [2.75, 3.05) is 5.32 Å². The van der Waals surface area contributed by atoms with Gasteiger partial charge in [-0.25, -0.2) is 14.8 Å². The van der Waals surface area contributed by atoms with Crippen molar-refractivity contribution in [2.24, 2.45) is 0 Å². The molecule has 3 N–H and O–H groups in total. The minimum absolute atomic E-state index is 0.0679. The summed E-state index contributed by atoms with van der Waals surface area (Å²) in [6.07, 6.45) is -4.16. The summed E-state index contributed by atoms with van der Waals surface area (Å²) in [6, 6.07) is 4.12. The standard InChI is InChI=1S/C15H9F3N4O4/c16-15(17,18)8-5-7(1-2-9(8)21-14(24)25)26-10-3-4-19-13-12(10)20-6-11(23)22-13/h1-6,21H,(H,24,25)(H,19,22,23). The van der Waals surface area contributed by atoms with Gasteiger partial charge in [0.05, 0.1) is 17.4 Å². The second kappa shape index (κ2) is 6.35. The minimum atomic E-state index is -4.80. The number of pyridine rings is 1. The normalized spacial score (nSPS) is 11.3. The van der Waals surface area contributed by atoms with Crippen LogP contribution in [0.25, 0.3) is 11.2 Å². The van der Waals surface area contributed by atoms with E-state index in [0.717, 1.165) is 12.3 Å². The lowest BCUT2D eigenvalue weighted by molar-refractivity contribution is -0.137. The van der Waals surface area contributed by atoms with Gasteiger partial charge in [-0.15, -0.1) is 0 Å². The molecule has 3 aromatic rings. The number of amides is 1. The molecule has 11 heteroatoms. The van der Waals surface area contributed by atoms with Gasteiger partial charge in [0, 0.05) is 12.3 Å². The average Bonchev–Trinajstić information content (AvgIpc) is 2.54. The molecule has 26 heavy (non-hydrogen) atoms. The molecule has 0 radical (unpaired) electrons. The van der Waals surface area contributed by atoms with Crippen molar-refractivity contribution in [3.63, 3.8) is 0 Å². The quantitative estimate of drug-likeness (QED) is 0.655. The number of aromatic nitrogens is 3. The number of ether oxygens (including phenoxy) is 1. The van der Waals surface area contributed by atoms with E-state index in [-0.39, 0.29) is 22.7 Å². The zero-order valence-corrected chi connectivity index (χ0v) is 12.7. The number of benzene rings is 1. The Morgan fingerprint density at radius 3 is 2.69 bits per heavy atom. The largest absolute Gasteiger partial charge is 0.465 e. The molecule has 2 heterocycles. The number of alkyl halides is 3. The van der Waals surface area contributed by atoms with E-state index in [1.165, 1.54) is 18.3 Å². The Morgan fingerprint density at radius 1 is 1.23 bits per heavy atom. The van der Waals surface area contributed by atoms with Crippen molar-refractivity contribution >= 4 is 22.9 Å². The van der Waals surface area contributed by atoms with Gasteiger partial charge in [0.15, 0.2) is 11.4 Å². The highest BCUT2D eigenvalue weighted by Crippen LogP contribution is 2.38. The maximum Gasteiger partial charge on any atom is 0.418 e. The van der Waals surface area contributed by atoms with E-state index in [4.69, 9.17) is 9.84 Å². The monoisotopic (exact) mass is 366 g/mol. The van der Waals surface area contributed by atoms with Crippen molar-refractivity contribution < 1.29 is 27.8 Å². The first-order valence-corrected chi connectivity index (χ1v) is 6.97. The molecule has 0 unspecified atom stereocenters. The van der Waals surface area contributed by atoms with Crippen LogP contribution in [0.4, 0.5) is 23.7 Å². The topological polar surface area (TPSA) is 117 Å². The summed E-state index contributed by atoms with van der Waals surface area (Å²) in [5.41, 5.74) is -2.08. The van der Waals surface area contributed by atoms with Crippen LogP contribution in [0.2, 0.25) is 0 Å². The van der Waals surface area contributed by atoms with Crippen LogP contribution >= 0.6 is 0 Å². The highest BCUT2D eigenvalue weighted by Gasteiger charge is 2.34. The molecule has 3 rings (SSSR count). The Kier molecular flexibility index (Phi) is 4.20. The van der Waals surface area contributed by atoms with E-state index in [2.05, 4.69) is 15.0 Å². The molecule has 1 amide bonds. The number of fused-ring (bicyclic) bond motifs is 1. The summed E-state index contributed by atoms with van der Waals surface area (Å²) < 4.78 is 44.9. The molecule has 0 aliphatic rings. The fraction of sp³-hybridized carbons (Fsp3) is 0.0667.